The molecule has 0 aromatic heterocycles. The number of rotatable bonds is 5. The Kier molecular flexibility index (Phi) is 5.66. The minimum Gasteiger partial charge on any atom is -0.386 e. The zero-order valence-electron chi connectivity index (χ0n) is 11.9. The number of benzene rings is 1. The summed E-state index contributed by atoms with van der Waals surface area (Å²) in [6.45, 7) is 3.39. The molecular weight excluding hydrogens is 260 g/mol. The van der Waals surface area contributed by atoms with E-state index in [1.54, 1.807) is 18.2 Å². The lowest BCUT2D eigenvalue weighted by molar-refractivity contribution is -0.137. The molecule has 1 unspecified atom stereocenters. The summed E-state index contributed by atoms with van der Waals surface area (Å²) >= 11 is 0. The molecule has 0 fully saturated rings. The molecule has 0 spiro atoms. The standard InChI is InChI=1S/C14H20N2O4/c1-10-5-4-6-11(7-10)16-13(18)12(17)15-8-14(2,19)9-20-3/h4-7,19H,8-9H2,1-3H3,(H,15,17)(H,16,18). The molecule has 0 heterocycles. The normalized spacial score (nSPS) is 13.4. The van der Waals surface area contributed by atoms with Gasteiger partial charge in [-0.15, -0.1) is 0 Å². The molecule has 20 heavy (non-hydrogen) atoms. The van der Waals surface area contributed by atoms with E-state index in [2.05, 4.69) is 10.6 Å². The van der Waals surface area contributed by atoms with Gasteiger partial charge in [-0.25, -0.2) is 0 Å². The Morgan fingerprint density at radius 2 is 2.05 bits per heavy atom. The van der Waals surface area contributed by atoms with Crippen LogP contribution in [0.5, 0.6) is 0 Å². The molecule has 0 saturated carbocycles. The minimum absolute atomic E-state index is 0.0623. The van der Waals surface area contributed by atoms with Gasteiger partial charge < -0.3 is 20.5 Å². The Morgan fingerprint density at radius 3 is 2.65 bits per heavy atom. The first-order chi connectivity index (χ1) is 9.34. The van der Waals surface area contributed by atoms with Crippen LogP contribution in [0.25, 0.3) is 0 Å². The Morgan fingerprint density at radius 1 is 1.35 bits per heavy atom. The van der Waals surface area contributed by atoms with Gasteiger partial charge in [-0.3, -0.25) is 9.59 Å². The maximum Gasteiger partial charge on any atom is 0.313 e. The summed E-state index contributed by atoms with van der Waals surface area (Å²) in [7, 11) is 1.45. The van der Waals surface area contributed by atoms with Crippen LogP contribution < -0.4 is 10.6 Å². The van der Waals surface area contributed by atoms with Crippen molar-refractivity contribution in [2.45, 2.75) is 19.4 Å². The highest BCUT2D eigenvalue weighted by Crippen LogP contribution is 2.09. The van der Waals surface area contributed by atoms with Crippen LogP contribution in [0.1, 0.15) is 12.5 Å². The SMILES string of the molecule is COCC(C)(O)CNC(=O)C(=O)Nc1cccc(C)c1. The molecule has 0 bridgehead atoms. The van der Waals surface area contributed by atoms with Gasteiger partial charge in [0, 0.05) is 19.3 Å². The van der Waals surface area contributed by atoms with E-state index in [1.807, 2.05) is 13.0 Å². The van der Waals surface area contributed by atoms with Crippen LogP contribution in [0.4, 0.5) is 5.69 Å². The molecule has 1 aromatic carbocycles. The largest absolute Gasteiger partial charge is 0.386 e. The zero-order chi connectivity index (χ0) is 15.2. The van der Waals surface area contributed by atoms with E-state index >= 15 is 0 Å². The summed E-state index contributed by atoms with van der Waals surface area (Å²) in [4.78, 5) is 23.3. The Balaban J connectivity index is 2.50. The fraction of sp³-hybridized carbons (Fsp3) is 0.429. The van der Waals surface area contributed by atoms with Crippen molar-refractivity contribution in [3.8, 4) is 0 Å². The van der Waals surface area contributed by atoms with Crippen molar-refractivity contribution in [2.75, 3.05) is 25.6 Å². The van der Waals surface area contributed by atoms with Crippen molar-refractivity contribution in [3.63, 3.8) is 0 Å². The van der Waals surface area contributed by atoms with Gasteiger partial charge >= 0.3 is 11.8 Å². The van der Waals surface area contributed by atoms with Crippen LogP contribution in [-0.4, -0.2) is 42.8 Å². The third-order valence-electron chi connectivity index (χ3n) is 2.57. The number of aryl methyl sites for hydroxylation is 1. The molecule has 1 aromatic rings. The first-order valence-electron chi connectivity index (χ1n) is 6.21. The molecule has 110 valence electrons. The Hall–Kier alpha value is -1.92. The third-order valence-corrected chi connectivity index (χ3v) is 2.57. The molecule has 2 amide bonds. The zero-order valence-corrected chi connectivity index (χ0v) is 11.9. The topological polar surface area (TPSA) is 87.7 Å². The van der Waals surface area contributed by atoms with Crippen molar-refractivity contribution in [1.29, 1.82) is 0 Å². The summed E-state index contributed by atoms with van der Waals surface area (Å²) in [5, 5.41) is 14.6. The van der Waals surface area contributed by atoms with Gasteiger partial charge in [-0.1, -0.05) is 12.1 Å². The minimum atomic E-state index is -1.21. The van der Waals surface area contributed by atoms with Gasteiger partial charge in [0.15, 0.2) is 0 Å². The summed E-state index contributed by atoms with van der Waals surface area (Å²) < 4.78 is 4.81. The first kappa shape index (κ1) is 16.1. The molecule has 0 saturated heterocycles. The quantitative estimate of drug-likeness (QED) is 0.683. The Bertz CT molecular complexity index is 486. The second-order valence-electron chi connectivity index (χ2n) is 4.94. The van der Waals surface area contributed by atoms with E-state index < -0.39 is 17.4 Å². The number of hydrogen-bond acceptors (Lipinski definition) is 4. The molecule has 1 atom stereocenters. The molecular formula is C14H20N2O4. The maximum absolute atomic E-state index is 11.7. The molecule has 3 N–H and O–H groups in total. The van der Waals surface area contributed by atoms with E-state index in [4.69, 9.17) is 4.74 Å². The molecule has 0 radical (unpaired) electrons. The number of methoxy groups -OCH3 is 1. The molecule has 6 nitrogen and oxygen atoms in total. The number of ether oxygens (including phenoxy) is 1. The predicted octanol–water partition coefficient (Wildman–Crippen LogP) is 0.447. The van der Waals surface area contributed by atoms with Crippen molar-refractivity contribution in [2.24, 2.45) is 0 Å². The van der Waals surface area contributed by atoms with Gasteiger partial charge in [-0.05, 0) is 31.5 Å². The number of amides is 2. The lowest BCUT2D eigenvalue weighted by Crippen LogP contribution is -2.46. The molecule has 1 rings (SSSR count). The lowest BCUT2D eigenvalue weighted by atomic mass is 10.1. The highest BCUT2D eigenvalue weighted by Gasteiger charge is 2.23. The highest BCUT2D eigenvalue weighted by molar-refractivity contribution is 6.39. The van der Waals surface area contributed by atoms with E-state index in [0.29, 0.717) is 5.69 Å². The van der Waals surface area contributed by atoms with Crippen LogP contribution in [0.15, 0.2) is 24.3 Å². The summed E-state index contributed by atoms with van der Waals surface area (Å²) in [5.41, 5.74) is 0.314. The lowest BCUT2D eigenvalue weighted by Gasteiger charge is -2.22. The van der Waals surface area contributed by atoms with Gasteiger partial charge in [-0.2, -0.15) is 0 Å². The average molecular weight is 280 g/mol. The number of aliphatic hydroxyl groups is 1. The fourth-order valence-corrected chi connectivity index (χ4v) is 1.62. The smallest absolute Gasteiger partial charge is 0.313 e. The van der Waals surface area contributed by atoms with E-state index in [0.717, 1.165) is 5.56 Å². The Labute approximate surface area is 118 Å². The average Bonchev–Trinajstić information content (AvgIpc) is 2.36. The van der Waals surface area contributed by atoms with Crippen LogP contribution in [0.2, 0.25) is 0 Å². The highest BCUT2D eigenvalue weighted by atomic mass is 16.5. The molecule has 0 aliphatic rings. The van der Waals surface area contributed by atoms with E-state index in [9.17, 15) is 14.7 Å². The monoisotopic (exact) mass is 280 g/mol. The summed E-state index contributed by atoms with van der Waals surface area (Å²) in [5.74, 6) is -1.58. The second kappa shape index (κ2) is 7.02. The van der Waals surface area contributed by atoms with Gasteiger partial charge in [0.05, 0.1) is 6.61 Å². The van der Waals surface area contributed by atoms with Crippen LogP contribution in [0.3, 0.4) is 0 Å². The predicted molar refractivity (Wildman–Crippen MR) is 75.3 cm³/mol. The molecule has 0 aliphatic carbocycles. The van der Waals surface area contributed by atoms with Gasteiger partial charge in [0.2, 0.25) is 0 Å². The van der Waals surface area contributed by atoms with Crippen molar-refractivity contribution in [3.05, 3.63) is 29.8 Å². The number of carbonyl (C=O) groups excluding carboxylic acids is 2. The number of nitrogens with one attached hydrogen (secondary N) is 2. The van der Waals surface area contributed by atoms with Gasteiger partial charge in [0.1, 0.15) is 5.60 Å². The fourth-order valence-electron chi connectivity index (χ4n) is 1.62. The van der Waals surface area contributed by atoms with Crippen LogP contribution >= 0.6 is 0 Å². The summed E-state index contributed by atoms with van der Waals surface area (Å²) in [6, 6.07) is 7.12. The summed E-state index contributed by atoms with van der Waals surface area (Å²) in [6.07, 6.45) is 0. The van der Waals surface area contributed by atoms with Crippen molar-refractivity contribution < 1.29 is 19.4 Å². The van der Waals surface area contributed by atoms with E-state index in [-0.39, 0.29) is 13.2 Å². The van der Waals surface area contributed by atoms with Crippen molar-refractivity contribution in [1.82, 2.24) is 5.32 Å². The van der Waals surface area contributed by atoms with E-state index in [1.165, 1.54) is 14.0 Å². The number of carbonyl (C=O) groups is 2. The number of anilines is 1. The maximum atomic E-state index is 11.7. The first-order valence-corrected chi connectivity index (χ1v) is 6.21. The molecule has 0 aliphatic heterocycles. The van der Waals surface area contributed by atoms with Gasteiger partial charge in [0.25, 0.3) is 0 Å². The van der Waals surface area contributed by atoms with Crippen LogP contribution in [-0.2, 0) is 14.3 Å². The third kappa shape index (κ3) is 5.38. The number of hydrogen-bond donors (Lipinski definition) is 3. The second-order valence-corrected chi connectivity index (χ2v) is 4.94. The van der Waals surface area contributed by atoms with Crippen LogP contribution in [0, 0.1) is 6.92 Å². The van der Waals surface area contributed by atoms with Crippen molar-refractivity contribution >= 4 is 17.5 Å². The molecule has 6 heteroatoms.